The maximum absolute atomic E-state index is 12.8. The Morgan fingerprint density at radius 1 is 1.39 bits per heavy atom. The van der Waals surface area contributed by atoms with Gasteiger partial charge in [0.1, 0.15) is 15.7 Å². The molecule has 4 rings (SSSR count). The highest BCUT2D eigenvalue weighted by atomic mass is 32.1. The second kappa shape index (κ2) is 6.84. The van der Waals surface area contributed by atoms with Crippen molar-refractivity contribution in [1.29, 1.82) is 0 Å². The molecule has 1 atom stereocenters. The van der Waals surface area contributed by atoms with E-state index >= 15 is 0 Å². The largest absolute Gasteiger partial charge is 0.348 e. The second-order valence-electron chi connectivity index (χ2n) is 6.27. The molecular weight excluding hydrogens is 400 g/mol. The molecule has 3 N–H and O–H groups in total. The fourth-order valence-electron chi connectivity index (χ4n) is 3.04. The normalized spacial score (nSPS) is 18.8. The molecule has 144 valence electrons. The SMILES string of the molecule is Cc1nc(-c2cccs2)sc1C(=O)NCC1(c2nccn2C)NC(=O)NC1=O. The van der Waals surface area contributed by atoms with Crippen LogP contribution in [0.1, 0.15) is 21.2 Å². The van der Waals surface area contributed by atoms with Gasteiger partial charge >= 0.3 is 6.03 Å². The van der Waals surface area contributed by atoms with Crippen LogP contribution in [-0.4, -0.2) is 38.9 Å². The summed E-state index contributed by atoms with van der Waals surface area (Å²) in [5.74, 6) is -0.593. The molecule has 28 heavy (non-hydrogen) atoms. The molecule has 1 fully saturated rings. The third-order valence-electron chi connectivity index (χ3n) is 4.39. The number of urea groups is 1. The highest BCUT2D eigenvalue weighted by molar-refractivity contribution is 7.22. The molecule has 0 bridgehead atoms. The lowest BCUT2D eigenvalue weighted by atomic mass is 9.98. The minimum absolute atomic E-state index is 0.139. The zero-order valence-corrected chi connectivity index (χ0v) is 16.6. The summed E-state index contributed by atoms with van der Waals surface area (Å²) in [6, 6.07) is 3.24. The van der Waals surface area contributed by atoms with Gasteiger partial charge in [0.25, 0.3) is 11.8 Å². The number of thiophene rings is 1. The number of thiazole rings is 1. The van der Waals surface area contributed by atoms with E-state index in [9.17, 15) is 14.4 Å². The Hall–Kier alpha value is -3.05. The lowest BCUT2D eigenvalue weighted by molar-refractivity contribution is -0.124. The Balaban J connectivity index is 1.59. The van der Waals surface area contributed by atoms with Crippen LogP contribution < -0.4 is 16.0 Å². The Morgan fingerprint density at radius 3 is 2.82 bits per heavy atom. The third kappa shape index (κ3) is 2.98. The molecule has 0 radical (unpaired) electrons. The minimum Gasteiger partial charge on any atom is -0.348 e. The summed E-state index contributed by atoms with van der Waals surface area (Å²) < 4.78 is 1.63. The van der Waals surface area contributed by atoms with Gasteiger partial charge in [-0.25, -0.2) is 14.8 Å². The first-order valence-corrected chi connectivity index (χ1v) is 10.0. The number of imide groups is 1. The number of rotatable bonds is 5. The number of nitrogens with zero attached hydrogens (tertiary/aromatic N) is 3. The van der Waals surface area contributed by atoms with E-state index in [2.05, 4.69) is 25.9 Å². The van der Waals surface area contributed by atoms with Crippen LogP contribution in [-0.2, 0) is 17.4 Å². The summed E-state index contributed by atoms with van der Waals surface area (Å²) in [4.78, 5) is 47.2. The molecule has 0 spiro atoms. The van der Waals surface area contributed by atoms with Gasteiger partial charge < -0.3 is 15.2 Å². The van der Waals surface area contributed by atoms with Crippen LogP contribution in [0.15, 0.2) is 29.9 Å². The molecule has 11 heteroatoms. The molecule has 4 heterocycles. The molecule has 1 unspecified atom stereocenters. The summed E-state index contributed by atoms with van der Waals surface area (Å²) in [7, 11) is 1.71. The third-order valence-corrected chi connectivity index (χ3v) is 6.59. The highest BCUT2D eigenvalue weighted by Gasteiger charge is 2.50. The summed E-state index contributed by atoms with van der Waals surface area (Å²) in [6.07, 6.45) is 3.19. The average molecular weight is 416 g/mol. The van der Waals surface area contributed by atoms with E-state index in [1.54, 1.807) is 36.1 Å². The molecule has 0 aromatic carbocycles. The standard InChI is InChI=1S/C17H16N6O3S2/c1-9-11(28-13(20-9)10-4-3-7-27-10)12(24)19-8-17(14-18-5-6-23(14)2)15(25)21-16(26)22-17/h3-7H,8H2,1-2H3,(H,19,24)(H2,21,22,25,26). The van der Waals surface area contributed by atoms with Crippen molar-refractivity contribution < 1.29 is 14.4 Å². The van der Waals surface area contributed by atoms with E-state index in [1.165, 1.54) is 17.5 Å². The van der Waals surface area contributed by atoms with Crippen molar-refractivity contribution in [2.24, 2.45) is 7.05 Å². The van der Waals surface area contributed by atoms with Crippen LogP contribution in [0.25, 0.3) is 9.88 Å². The zero-order chi connectivity index (χ0) is 19.9. The molecule has 3 aromatic heterocycles. The molecule has 1 saturated heterocycles. The number of hydrogen-bond acceptors (Lipinski definition) is 7. The van der Waals surface area contributed by atoms with Gasteiger partial charge in [0.15, 0.2) is 5.54 Å². The number of aryl methyl sites for hydroxylation is 2. The predicted molar refractivity (Wildman–Crippen MR) is 104 cm³/mol. The van der Waals surface area contributed by atoms with Gasteiger partial charge in [-0.2, -0.15) is 0 Å². The van der Waals surface area contributed by atoms with Gasteiger partial charge in [-0.05, 0) is 18.4 Å². The minimum atomic E-state index is -1.47. The molecule has 1 aliphatic rings. The van der Waals surface area contributed by atoms with Crippen molar-refractivity contribution in [3.05, 3.63) is 46.3 Å². The fourth-order valence-corrected chi connectivity index (χ4v) is 4.81. The topological polar surface area (TPSA) is 118 Å². The molecule has 1 aliphatic heterocycles. The maximum atomic E-state index is 12.8. The van der Waals surface area contributed by atoms with Gasteiger partial charge in [-0.3, -0.25) is 14.9 Å². The Morgan fingerprint density at radius 2 is 2.21 bits per heavy atom. The number of amides is 4. The van der Waals surface area contributed by atoms with Crippen molar-refractivity contribution >= 4 is 40.5 Å². The van der Waals surface area contributed by atoms with Crippen molar-refractivity contribution in [3.8, 4) is 9.88 Å². The van der Waals surface area contributed by atoms with E-state index in [1.807, 2.05) is 17.5 Å². The van der Waals surface area contributed by atoms with Gasteiger partial charge in [-0.1, -0.05) is 6.07 Å². The van der Waals surface area contributed by atoms with Gasteiger partial charge in [0, 0.05) is 19.4 Å². The fraction of sp³-hybridized carbons (Fsp3) is 0.235. The Bertz CT molecular complexity index is 1070. The van der Waals surface area contributed by atoms with Gasteiger partial charge in [-0.15, -0.1) is 22.7 Å². The molecule has 0 aliphatic carbocycles. The lowest BCUT2D eigenvalue weighted by Crippen LogP contribution is -2.54. The van der Waals surface area contributed by atoms with Crippen LogP contribution in [0, 0.1) is 6.92 Å². The van der Waals surface area contributed by atoms with E-state index in [4.69, 9.17) is 0 Å². The monoisotopic (exact) mass is 416 g/mol. The van der Waals surface area contributed by atoms with Gasteiger partial charge in [0.2, 0.25) is 0 Å². The van der Waals surface area contributed by atoms with E-state index in [0.29, 0.717) is 16.4 Å². The van der Waals surface area contributed by atoms with Crippen LogP contribution in [0.4, 0.5) is 4.79 Å². The summed E-state index contributed by atoms with van der Waals surface area (Å²) in [5.41, 5.74) is -0.864. The molecule has 3 aromatic rings. The predicted octanol–water partition coefficient (Wildman–Crippen LogP) is 1.38. The van der Waals surface area contributed by atoms with E-state index in [-0.39, 0.29) is 12.5 Å². The second-order valence-corrected chi connectivity index (χ2v) is 8.22. The smallest absolute Gasteiger partial charge is 0.322 e. The Kier molecular flexibility index (Phi) is 4.47. The lowest BCUT2D eigenvalue weighted by Gasteiger charge is -2.25. The number of nitrogens with one attached hydrogen (secondary N) is 3. The number of carbonyl (C=O) groups excluding carboxylic acids is 3. The van der Waals surface area contributed by atoms with Crippen molar-refractivity contribution in [1.82, 2.24) is 30.5 Å². The van der Waals surface area contributed by atoms with Crippen molar-refractivity contribution in [3.63, 3.8) is 0 Å². The van der Waals surface area contributed by atoms with E-state index in [0.717, 1.165) is 9.88 Å². The quantitative estimate of drug-likeness (QED) is 0.543. The first-order valence-electron chi connectivity index (χ1n) is 8.31. The molecule has 9 nitrogen and oxygen atoms in total. The number of imidazole rings is 1. The molecule has 4 amide bonds. The first-order chi connectivity index (χ1) is 13.4. The number of hydrogen-bond donors (Lipinski definition) is 3. The van der Waals surface area contributed by atoms with Crippen LogP contribution in [0.3, 0.4) is 0 Å². The summed E-state index contributed by atoms with van der Waals surface area (Å²) in [6.45, 7) is 1.63. The van der Waals surface area contributed by atoms with Crippen LogP contribution >= 0.6 is 22.7 Å². The van der Waals surface area contributed by atoms with E-state index < -0.39 is 17.5 Å². The average Bonchev–Trinajstić information content (AvgIpc) is 3.41. The zero-order valence-electron chi connectivity index (χ0n) is 15.0. The highest BCUT2D eigenvalue weighted by Crippen LogP contribution is 2.31. The molecule has 0 saturated carbocycles. The number of carbonyl (C=O) groups is 3. The summed E-state index contributed by atoms with van der Waals surface area (Å²) in [5, 5.41) is 10.3. The summed E-state index contributed by atoms with van der Waals surface area (Å²) >= 11 is 2.84. The maximum Gasteiger partial charge on any atom is 0.322 e. The van der Waals surface area contributed by atoms with Crippen LogP contribution in [0.2, 0.25) is 0 Å². The van der Waals surface area contributed by atoms with Gasteiger partial charge in [0.05, 0.1) is 17.1 Å². The van der Waals surface area contributed by atoms with Crippen molar-refractivity contribution in [2.45, 2.75) is 12.5 Å². The molecular formula is C17H16N6O3S2. The number of aromatic nitrogens is 3. The van der Waals surface area contributed by atoms with Crippen molar-refractivity contribution in [2.75, 3.05) is 6.54 Å². The Labute approximate surface area is 167 Å². The van der Waals surface area contributed by atoms with Crippen LogP contribution in [0.5, 0.6) is 0 Å². The first kappa shape index (κ1) is 18.3.